The molecule has 1 aromatic heterocycles. The zero-order chi connectivity index (χ0) is 25.5. The number of urea groups is 1. The average molecular weight is 485 g/mol. The molecule has 3 aromatic rings. The lowest BCUT2D eigenvalue weighted by molar-refractivity contribution is 0.0377. The third kappa shape index (κ3) is 4.53. The molecule has 2 aliphatic rings. The van der Waals surface area contributed by atoms with E-state index < -0.39 is 11.1 Å². The Balaban J connectivity index is 1.51. The third-order valence-electron chi connectivity index (χ3n) is 6.89. The lowest BCUT2D eigenvalue weighted by Gasteiger charge is -2.43. The number of benzene rings is 2. The molecule has 186 valence electrons. The summed E-state index contributed by atoms with van der Waals surface area (Å²) in [7, 11) is 1.76. The SMILES string of the molecule is CN1C(=O)NCc2nc(-c3ccc(C4(NC(=O)OC(C)(C)C)CCC4)cc3)c(-c3ccccc3)cc21. The van der Waals surface area contributed by atoms with Gasteiger partial charge in [0.05, 0.1) is 29.2 Å². The normalized spacial score (nSPS) is 16.4. The van der Waals surface area contributed by atoms with Crippen LogP contribution in [-0.4, -0.2) is 29.8 Å². The number of carbonyl (C=O) groups is 2. The predicted molar refractivity (Wildman–Crippen MR) is 141 cm³/mol. The first-order valence-electron chi connectivity index (χ1n) is 12.4. The molecular formula is C29H32N4O3. The number of rotatable bonds is 4. The van der Waals surface area contributed by atoms with E-state index in [4.69, 9.17) is 9.72 Å². The number of hydrogen-bond acceptors (Lipinski definition) is 4. The van der Waals surface area contributed by atoms with Crippen LogP contribution in [0.2, 0.25) is 0 Å². The molecule has 0 unspecified atom stereocenters. The second-order valence-electron chi connectivity index (χ2n) is 10.6. The molecule has 1 saturated carbocycles. The minimum Gasteiger partial charge on any atom is -0.444 e. The van der Waals surface area contributed by atoms with Gasteiger partial charge in [0.2, 0.25) is 0 Å². The molecule has 0 saturated heterocycles. The summed E-state index contributed by atoms with van der Waals surface area (Å²) in [6.07, 6.45) is 2.43. The molecule has 0 bridgehead atoms. The zero-order valence-electron chi connectivity index (χ0n) is 21.2. The highest BCUT2D eigenvalue weighted by atomic mass is 16.6. The zero-order valence-corrected chi connectivity index (χ0v) is 21.2. The van der Waals surface area contributed by atoms with Gasteiger partial charge in [0.15, 0.2) is 0 Å². The van der Waals surface area contributed by atoms with Crippen LogP contribution >= 0.6 is 0 Å². The summed E-state index contributed by atoms with van der Waals surface area (Å²) in [5, 5.41) is 6.00. The second-order valence-corrected chi connectivity index (χ2v) is 10.6. The lowest BCUT2D eigenvalue weighted by atomic mass is 9.71. The lowest BCUT2D eigenvalue weighted by Crippen LogP contribution is -2.52. The number of carbonyl (C=O) groups excluding carboxylic acids is 2. The van der Waals surface area contributed by atoms with Crippen LogP contribution in [0, 0.1) is 0 Å². The van der Waals surface area contributed by atoms with Crippen LogP contribution in [0.3, 0.4) is 0 Å². The van der Waals surface area contributed by atoms with Crippen molar-refractivity contribution in [2.75, 3.05) is 11.9 Å². The van der Waals surface area contributed by atoms with Gasteiger partial charge in [-0.3, -0.25) is 4.90 Å². The highest BCUT2D eigenvalue weighted by Gasteiger charge is 2.41. The fourth-order valence-corrected chi connectivity index (χ4v) is 4.87. The van der Waals surface area contributed by atoms with E-state index in [-0.39, 0.29) is 12.1 Å². The van der Waals surface area contributed by atoms with E-state index in [0.717, 1.165) is 58.6 Å². The fourth-order valence-electron chi connectivity index (χ4n) is 4.87. The van der Waals surface area contributed by atoms with Crippen LogP contribution in [0.5, 0.6) is 0 Å². The maximum absolute atomic E-state index is 12.5. The van der Waals surface area contributed by atoms with Crippen LogP contribution in [0.4, 0.5) is 15.3 Å². The van der Waals surface area contributed by atoms with Crippen molar-refractivity contribution < 1.29 is 14.3 Å². The smallest absolute Gasteiger partial charge is 0.408 e. The van der Waals surface area contributed by atoms with Crippen molar-refractivity contribution >= 4 is 17.8 Å². The molecule has 0 radical (unpaired) electrons. The van der Waals surface area contributed by atoms with Crippen molar-refractivity contribution in [3.05, 3.63) is 71.9 Å². The Kier molecular flexibility index (Phi) is 5.94. The Bertz CT molecular complexity index is 1290. The molecule has 2 heterocycles. The number of fused-ring (bicyclic) bond motifs is 1. The van der Waals surface area contributed by atoms with Crippen LogP contribution < -0.4 is 15.5 Å². The van der Waals surface area contributed by atoms with Gasteiger partial charge < -0.3 is 15.4 Å². The highest BCUT2D eigenvalue weighted by molar-refractivity contribution is 5.96. The summed E-state index contributed by atoms with van der Waals surface area (Å²) in [6.45, 7) is 6.00. The first-order chi connectivity index (χ1) is 17.2. The molecule has 7 heteroatoms. The standard InChI is InChI=1S/C29H32N4O3/c1-28(2,3)36-27(35)32-29(15-8-16-29)21-13-11-20(12-14-21)25-22(19-9-6-5-7-10-19)17-24-23(31-25)18-30-26(34)33(24)4/h5-7,9-14,17H,8,15-16,18H2,1-4H3,(H,30,34)(H,32,35). The summed E-state index contributed by atoms with van der Waals surface area (Å²) < 4.78 is 5.52. The molecule has 2 N–H and O–H groups in total. The Labute approximate surface area is 211 Å². The van der Waals surface area contributed by atoms with Crippen LogP contribution in [0.1, 0.15) is 51.3 Å². The largest absolute Gasteiger partial charge is 0.444 e. The van der Waals surface area contributed by atoms with Crippen molar-refractivity contribution in [2.45, 2.75) is 57.7 Å². The molecule has 36 heavy (non-hydrogen) atoms. The number of alkyl carbamates (subject to hydrolysis) is 1. The first-order valence-corrected chi connectivity index (χ1v) is 12.4. The Morgan fingerprint density at radius 3 is 2.36 bits per heavy atom. The number of hydrogen-bond donors (Lipinski definition) is 2. The van der Waals surface area contributed by atoms with E-state index in [1.807, 2.05) is 39.0 Å². The Morgan fingerprint density at radius 1 is 1.06 bits per heavy atom. The highest BCUT2D eigenvalue weighted by Crippen LogP contribution is 2.43. The van der Waals surface area contributed by atoms with E-state index in [2.05, 4.69) is 53.1 Å². The van der Waals surface area contributed by atoms with Gasteiger partial charge in [0.25, 0.3) is 0 Å². The van der Waals surface area contributed by atoms with Crippen LogP contribution in [-0.2, 0) is 16.8 Å². The van der Waals surface area contributed by atoms with Crippen molar-refractivity contribution in [3.63, 3.8) is 0 Å². The molecule has 1 fully saturated rings. The van der Waals surface area contributed by atoms with Crippen molar-refractivity contribution in [1.82, 2.24) is 15.6 Å². The van der Waals surface area contributed by atoms with Gasteiger partial charge in [-0.1, -0.05) is 54.6 Å². The number of nitrogens with one attached hydrogen (secondary N) is 2. The second kappa shape index (κ2) is 8.97. The molecule has 0 spiro atoms. The molecule has 5 rings (SSSR count). The quantitative estimate of drug-likeness (QED) is 0.477. The van der Waals surface area contributed by atoms with Gasteiger partial charge in [-0.05, 0) is 57.2 Å². The monoisotopic (exact) mass is 484 g/mol. The first kappa shape index (κ1) is 23.9. The Hall–Kier alpha value is -3.87. The molecule has 3 amide bonds. The summed E-state index contributed by atoms with van der Waals surface area (Å²) >= 11 is 0. The van der Waals surface area contributed by atoms with Crippen LogP contribution in [0.25, 0.3) is 22.4 Å². The van der Waals surface area contributed by atoms with Gasteiger partial charge in [0, 0.05) is 18.2 Å². The topological polar surface area (TPSA) is 83.6 Å². The third-order valence-corrected chi connectivity index (χ3v) is 6.89. The molecule has 1 aliphatic carbocycles. The van der Waals surface area contributed by atoms with E-state index in [0.29, 0.717) is 6.54 Å². The van der Waals surface area contributed by atoms with Gasteiger partial charge in [-0.25, -0.2) is 14.6 Å². The molecule has 7 nitrogen and oxygen atoms in total. The minimum atomic E-state index is -0.543. The van der Waals surface area contributed by atoms with Gasteiger partial charge in [0.1, 0.15) is 5.60 Å². The number of aromatic nitrogens is 1. The van der Waals surface area contributed by atoms with E-state index in [1.165, 1.54) is 0 Å². The summed E-state index contributed by atoms with van der Waals surface area (Å²) in [4.78, 5) is 31.4. The summed E-state index contributed by atoms with van der Waals surface area (Å²) in [5.74, 6) is 0. The van der Waals surface area contributed by atoms with E-state index >= 15 is 0 Å². The van der Waals surface area contributed by atoms with Crippen molar-refractivity contribution in [3.8, 4) is 22.4 Å². The predicted octanol–water partition coefficient (Wildman–Crippen LogP) is 5.98. The van der Waals surface area contributed by atoms with Gasteiger partial charge in [-0.2, -0.15) is 0 Å². The number of amides is 3. The summed E-state index contributed by atoms with van der Waals surface area (Å²) in [5.41, 5.74) is 5.60. The molecule has 2 aromatic carbocycles. The number of anilines is 1. The van der Waals surface area contributed by atoms with Gasteiger partial charge in [-0.15, -0.1) is 0 Å². The van der Waals surface area contributed by atoms with Gasteiger partial charge >= 0.3 is 12.1 Å². The van der Waals surface area contributed by atoms with Crippen molar-refractivity contribution in [2.24, 2.45) is 0 Å². The number of ether oxygens (including phenoxy) is 1. The molecular weight excluding hydrogens is 452 g/mol. The molecule has 0 atom stereocenters. The van der Waals surface area contributed by atoms with Crippen molar-refractivity contribution in [1.29, 1.82) is 0 Å². The number of nitrogens with zero attached hydrogens (tertiary/aromatic N) is 2. The minimum absolute atomic E-state index is 0.135. The Morgan fingerprint density at radius 2 is 1.75 bits per heavy atom. The fraction of sp³-hybridized carbons (Fsp3) is 0.345. The number of pyridine rings is 1. The van der Waals surface area contributed by atoms with E-state index in [9.17, 15) is 9.59 Å². The summed E-state index contributed by atoms with van der Waals surface area (Å²) in [6, 6.07) is 20.3. The average Bonchev–Trinajstić information content (AvgIpc) is 2.83. The molecule has 1 aliphatic heterocycles. The van der Waals surface area contributed by atoms with Crippen LogP contribution in [0.15, 0.2) is 60.7 Å². The maximum Gasteiger partial charge on any atom is 0.408 e. The van der Waals surface area contributed by atoms with E-state index in [1.54, 1.807) is 11.9 Å². The maximum atomic E-state index is 12.5.